The normalized spacial score (nSPS) is 12.4. The monoisotopic (exact) mass is 577 g/mol. The van der Waals surface area contributed by atoms with E-state index in [0.717, 1.165) is 20.5 Å². The maximum Gasteiger partial charge on any atom is 0.387 e. The number of hydrogen-bond acceptors (Lipinski definition) is 5. The van der Waals surface area contributed by atoms with E-state index in [2.05, 4.69) is 20.4 Å². The minimum Gasteiger partial charge on any atom is -0.493 e. The van der Waals surface area contributed by atoms with E-state index >= 15 is 0 Å². The largest absolute Gasteiger partial charge is 0.493 e. The van der Waals surface area contributed by atoms with Crippen LogP contribution in [-0.4, -0.2) is 44.9 Å². The van der Waals surface area contributed by atoms with E-state index in [4.69, 9.17) is 4.74 Å². The molecule has 174 valence electrons. The lowest BCUT2D eigenvalue weighted by Crippen LogP contribution is -2.40. The zero-order valence-corrected chi connectivity index (χ0v) is 20.8. The van der Waals surface area contributed by atoms with Crippen LogP contribution in [0.4, 0.5) is 8.78 Å². The van der Waals surface area contributed by atoms with Gasteiger partial charge in [0.2, 0.25) is 0 Å². The number of nitrogens with one attached hydrogen (secondary N) is 2. The smallest absolute Gasteiger partial charge is 0.387 e. The molecule has 0 radical (unpaired) electrons. The quantitative estimate of drug-likeness (QED) is 0.198. The Labute approximate surface area is 206 Å². The number of benzene rings is 2. The number of rotatable bonds is 9. The number of aliphatic hydroxyl groups is 1. The highest BCUT2D eigenvalue weighted by Crippen LogP contribution is 2.30. The second kappa shape index (κ2) is 12.8. The summed E-state index contributed by atoms with van der Waals surface area (Å²) in [6.07, 6.45) is -0.102. The lowest BCUT2D eigenvalue weighted by atomic mass is 10.1. The average Bonchev–Trinajstić information content (AvgIpc) is 3.20. The van der Waals surface area contributed by atoms with Crippen molar-refractivity contribution in [2.75, 3.05) is 27.2 Å². The van der Waals surface area contributed by atoms with Crippen LogP contribution in [0.25, 0.3) is 10.1 Å². The number of aliphatic imine (C=N–C) groups is 1. The molecule has 0 amide bonds. The molecule has 3 aromatic rings. The summed E-state index contributed by atoms with van der Waals surface area (Å²) in [5.41, 5.74) is 0.810. The van der Waals surface area contributed by atoms with Gasteiger partial charge in [0.05, 0.1) is 7.11 Å². The van der Waals surface area contributed by atoms with E-state index in [9.17, 15) is 13.9 Å². The third kappa shape index (κ3) is 7.17. The number of ether oxygens (including phenoxy) is 2. The minimum absolute atomic E-state index is 0. The Morgan fingerprint density at radius 1 is 1.12 bits per heavy atom. The van der Waals surface area contributed by atoms with Crippen molar-refractivity contribution in [2.45, 2.75) is 19.1 Å². The molecule has 0 saturated carbocycles. The molecular formula is C22H26F2IN3O3S. The standard InChI is InChI=1S/C22H25F2N3O3S.HI/c1-25-22(27-13-16(28)20-12-15-5-3-4-6-19(15)31-20)26-10-9-14-7-8-17(29-2)18(11-14)30-21(23)24;/h3-8,11-12,16,21,28H,9-10,13H2,1-2H3,(H2,25,26,27);1H. The SMILES string of the molecule is CN=C(NCCc1ccc(OC)c(OC(F)F)c1)NCC(O)c1cc2ccccc2s1.I. The number of fused-ring (bicyclic) bond motifs is 1. The van der Waals surface area contributed by atoms with Gasteiger partial charge in [-0.25, -0.2) is 0 Å². The summed E-state index contributed by atoms with van der Waals surface area (Å²) in [6, 6.07) is 14.9. The zero-order chi connectivity index (χ0) is 22.2. The van der Waals surface area contributed by atoms with Crippen LogP contribution in [0.2, 0.25) is 0 Å². The van der Waals surface area contributed by atoms with Crippen LogP contribution in [0.5, 0.6) is 11.5 Å². The topological polar surface area (TPSA) is 75.1 Å². The van der Waals surface area contributed by atoms with Crippen LogP contribution < -0.4 is 20.1 Å². The maximum absolute atomic E-state index is 12.6. The Morgan fingerprint density at radius 3 is 2.59 bits per heavy atom. The Bertz CT molecular complexity index is 1000. The highest BCUT2D eigenvalue weighted by atomic mass is 127. The number of hydrogen-bond donors (Lipinski definition) is 3. The molecule has 2 aromatic carbocycles. The molecule has 0 aliphatic heterocycles. The van der Waals surface area contributed by atoms with Gasteiger partial charge in [0, 0.05) is 29.7 Å². The van der Waals surface area contributed by atoms with Crippen LogP contribution >= 0.6 is 35.3 Å². The summed E-state index contributed by atoms with van der Waals surface area (Å²) in [6.45, 7) is -2.10. The van der Waals surface area contributed by atoms with Crippen molar-refractivity contribution in [2.24, 2.45) is 4.99 Å². The molecule has 1 unspecified atom stereocenters. The molecule has 0 aliphatic rings. The Hall–Kier alpha value is -2.18. The van der Waals surface area contributed by atoms with Gasteiger partial charge in [0.25, 0.3) is 0 Å². The van der Waals surface area contributed by atoms with Crippen molar-refractivity contribution in [1.29, 1.82) is 0 Å². The van der Waals surface area contributed by atoms with Gasteiger partial charge in [0.15, 0.2) is 17.5 Å². The van der Waals surface area contributed by atoms with Crippen molar-refractivity contribution < 1.29 is 23.4 Å². The first-order valence-corrected chi connectivity index (χ1v) is 10.5. The second-order valence-corrected chi connectivity index (χ2v) is 7.81. The summed E-state index contributed by atoms with van der Waals surface area (Å²) in [7, 11) is 3.04. The molecule has 1 atom stereocenters. The Morgan fingerprint density at radius 2 is 1.91 bits per heavy atom. The summed E-state index contributed by atoms with van der Waals surface area (Å²) < 4.78 is 35.8. The van der Waals surface area contributed by atoms with Gasteiger partial charge in [-0.2, -0.15) is 8.78 Å². The summed E-state index contributed by atoms with van der Waals surface area (Å²) in [4.78, 5) is 5.04. The summed E-state index contributed by atoms with van der Waals surface area (Å²) >= 11 is 1.56. The van der Waals surface area contributed by atoms with Crippen molar-refractivity contribution in [1.82, 2.24) is 10.6 Å². The second-order valence-electron chi connectivity index (χ2n) is 6.70. The molecule has 0 aliphatic carbocycles. The van der Waals surface area contributed by atoms with E-state index in [1.165, 1.54) is 13.2 Å². The number of thiophene rings is 1. The van der Waals surface area contributed by atoms with E-state index in [1.807, 2.05) is 30.3 Å². The first-order valence-electron chi connectivity index (χ1n) is 9.73. The predicted octanol–water partition coefficient (Wildman–Crippen LogP) is 4.57. The van der Waals surface area contributed by atoms with E-state index < -0.39 is 12.7 Å². The molecule has 0 spiro atoms. The molecule has 32 heavy (non-hydrogen) atoms. The fraction of sp³-hybridized carbons (Fsp3) is 0.318. The highest BCUT2D eigenvalue weighted by Gasteiger charge is 2.13. The molecule has 0 fully saturated rings. The van der Waals surface area contributed by atoms with Crippen LogP contribution in [0.15, 0.2) is 53.5 Å². The molecule has 0 saturated heterocycles. The van der Waals surface area contributed by atoms with Crippen LogP contribution in [-0.2, 0) is 6.42 Å². The van der Waals surface area contributed by atoms with Gasteiger partial charge in [0.1, 0.15) is 6.10 Å². The fourth-order valence-electron chi connectivity index (χ4n) is 3.07. The number of aliphatic hydroxyl groups excluding tert-OH is 1. The van der Waals surface area contributed by atoms with Crippen molar-refractivity contribution in [3.05, 3.63) is 59.0 Å². The number of nitrogens with zero attached hydrogens (tertiary/aromatic N) is 1. The van der Waals surface area contributed by atoms with E-state index in [1.54, 1.807) is 30.5 Å². The van der Waals surface area contributed by atoms with Crippen molar-refractivity contribution in [3.8, 4) is 11.5 Å². The van der Waals surface area contributed by atoms with Crippen molar-refractivity contribution >= 4 is 51.4 Å². The predicted molar refractivity (Wildman–Crippen MR) is 135 cm³/mol. The van der Waals surface area contributed by atoms with Crippen molar-refractivity contribution in [3.63, 3.8) is 0 Å². The maximum atomic E-state index is 12.6. The molecule has 10 heteroatoms. The average molecular weight is 577 g/mol. The Balaban J connectivity index is 0.00000363. The third-order valence-electron chi connectivity index (χ3n) is 4.61. The van der Waals surface area contributed by atoms with Gasteiger partial charge >= 0.3 is 6.61 Å². The number of halogens is 3. The van der Waals surface area contributed by atoms with Gasteiger partial charge in [-0.1, -0.05) is 24.3 Å². The van der Waals surface area contributed by atoms with Gasteiger partial charge in [-0.05, 0) is 41.6 Å². The number of alkyl halides is 2. The number of guanidine groups is 1. The Kier molecular flexibility index (Phi) is 10.4. The summed E-state index contributed by atoms with van der Waals surface area (Å²) in [5, 5.41) is 17.9. The number of methoxy groups -OCH3 is 1. The highest BCUT2D eigenvalue weighted by molar-refractivity contribution is 14.0. The van der Waals surface area contributed by atoms with Crippen LogP contribution in [0, 0.1) is 0 Å². The van der Waals surface area contributed by atoms with Gasteiger partial charge < -0.3 is 25.2 Å². The molecule has 3 rings (SSSR count). The van der Waals surface area contributed by atoms with Crippen LogP contribution in [0.1, 0.15) is 16.5 Å². The molecule has 3 N–H and O–H groups in total. The lowest BCUT2D eigenvalue weighted by molar-refractivity contribution is -0.0512. The lowest BCUT2D eigenvalue weighted by Gasteiger charge is -2.15. The summed E-state index contributed by atoms with van der Waals surface area (Å²) in [5.74, 6) is 0.798. The van der Waals surface area contributed by atoms with Crippen LogP contribution in [0.3, 0.4) is 0 Å². The van der Waals surface area contributed by atoms with Gasteiger partial charge in [-0.15, -0.1) is 35.3 Å². The minimum atomic E-state index is -2.92. The molecule has 1 heterocycles. The fourth-order valence-corrected chi connectivity index (χ4v) is 4.12. The molecule has 6 nitrogen and oxygen atoms in total. The molecule has 1 aromatic heterocycles. The molecule has 0 bridgehead atoms. The van der Waals surface area contributed by atoms with Gasteiger partial charge in [-0.3, -0.25) is 4.99 Å². The third-order valence-corrected chi connectivity index (χ3v) is 5.83. The zero-order valence-electron chi connectivity index (χ0n) is 17.7. The first-order chi connectivity index (χ1) is 15.0. The van der Waals surface area contributed by atoms with E-state index in [0.29, 0.717) is 25.5 Å². The molecular weight excluding hydrogens is 551 g/mol. The first kappa shape index (κ1) is 26.1. The van der Waals surface area contributed by atoms with E-state index in [-0.39, 0.29) is 35.5 Å².